The number of nitrogens with zero attached hydrogens (tertiary/aromatic N) is 1. The van der Waals surface area contributed by atoms with Crippen LogP contribution in [0.4, 0.5) is 8.78 Å². The third-order valence-corrected chi connectivity index (χ3v) is 3.91. The second-order valence-electron chi connectivity index (χ2n) is 6.12. The van der Waals surface area contributed by atoms with Gasteiger partial charge < -0.3 is 10.1 Å². The lowest BCUT2D eigenvalue weighted by molar-refractivity contribution is -0.117. The molecule has 0 saturated carbocycles. The molecule has 6 heteroatoms. The van der Waals surface area contributed by atoms with Crippen molar-refractivity contribution in [2.24, 2.45) is 0 Å². The highest BCUT2D eigenvalue weighted by atomic mass is 19.1. The smallest absolute Gasteiger partial charge is 0.244 e. The number of halogens is 2. The van der Waals surface area contributed by atoms with E-state index in [0.29, 0.717) is 11.5 Å². The van der Waals surface area contributed by atoms with E-state index in [1.807, 2.05) is 31.2 Å². The topological polar surface area (TPSA) is 51.2 Å². The Hall–Kier alpha value is -3.54. The van der Waals surface area contributed by atoms with Crippen LogP contribution in [0.25, 0.3) is 6.08 Å². The summed E-state index contributed by atoms with van der Waals surface area (Å²) in [6.07, 6.45) is 5.87. The van der Waals surface area contributed by atoms with Crippen molar-refractivity contribution in [3.63, 3.8) is 0 Å². The number of amides is 1. The minimum absolute atomic E-state index is 0.271. The van der Waals surface area contributed by atoms with Crippen LogP contribution >= 0.6 is 0 Å². The Balaban J connectivity index is 1.63. The number of ether oxygens (including phenoxy) is 1. The van der Waals surface area contributed by atoms with Gasteiger partial charge in [-0.05, 0) is 60.5 Å². The highest BCUT2D eigenvalue weighted by molar-refractivity contribution is 5.91. The molecule has 0 aliphatic carbocycles. The normalized spacial score (nSPS) is 12.0. The molecule has 1 heterocycles. The first-order chi connectivity index (χ1) is 13.5. The summed E-state index contributed by atoms with van der Waals surface area (Å²) < 4.78 is 32.1. The quantitative estimate of drug-likeness (QED) is 0.610. The Labute approximate surface area is 161 Å². The van der Waals surface area contributed by atoms with Crippen LogP contribution in [0, 0.1) is 11.6 Å². The summed E-state index contributed by atoms with van der Waals surface area (Å²) in [5, 5.41) is 2.81. The molecule has 3 rings (SSSR count). The van der Waals surface area contributed by atoms with Crippen molar-refractivity contribution in [3.8, 4) is 11.5 Å². The molecule has 2 aromatic carbocycles. The van der Waals surface area contributed by atoms with E-state index in [9.17, 15) is 13.6 Å². The van der Waals surface area contributed by atoms with Crippen LogP contribution in [0.15, 0.2) is 73.1 Å². The van der Waals surface area contributed by atoms with E-state index in [1.165, 1.54) is 12.2 Å². The maximum absolute atomic E-state index is 13.2. The van der Waals surface area contributed by atoms with Crippen molar-refractivity contribution in [1.29, 1.82) is 0 Å². The lowest BCUT2D eigenvalue weighted by Gasteiger charge is -2.14. The third kappa shape index (κ3) is 5.48. The summed E-state index contributed by atoms with van der Waals surface area (Å²) in [4.78, 5) is 16.1. The standard InChI is InChI=1S/C22H18F2N2O2/c1-15(26-22(27)6-5-16-11-18(23)14-19(24)12-16)17-3-2-4-21(13-17)28-20-7-9-25-10-8-20/h2-15H,1H3,(H,26,27)/b6-5+/t15-/m0/s1. The molecule has 4 nitrogen and oxygen atoms in total. The van der Waals surface area contributed by atoms with Gasteiger partial charge in [-0.2, -0.15) is 0 Å². The van der Waals surface area contributed by atoms with Gasteiger partial charge in [-0.25, -0.2) is 8.78 Å². The SMILES string of the molecule is C[C@H](NC(=O)/C=C/c1cc(F)cc(F)c1)c1cccc(Oc2ccncc2)c1. The Morgan fingerprint density at radius 1 is 1.04 bits per heavy atom. The van der Waals surface area contributed by atoms with E-state index >= 15 is 0 Å². The highest BCUT2D eigenvalue weighted by Crippen LogP contribution is 2.24. The summed E-state index contributed by atoms with van der Waals surface area (Å²) >= 11 is 0. The van der Waals surface area contributed by atoms with Gasteiger partial charge in [0.2, 0.25) is 5.91 Å². The van der Waals surface area contributed by atoms with Crippen LogP contribution < -0.4 is 10.1 Å². The number of pyridine rings is 1. The van der Waals surface area contributed by atoms with Gasteiger partial charge in [0.05, 0.1) is 6.04 Å². The number of aromatic nitrogens is 1. The molecule has 1 N–H and O–H groups in total. The number of carbonyl (C=O) groups is 1. The third-order valence-electron chi connectivity index (χ3n) is 3.91. The predicted octanol–water partition coefficient (Wildman–Crippen LogP) is 5.04. The van der Waals surface area contributed by atoms with Crippen LogP contribution in [-0.2, 0) is 4.79 Å². The van der Waals surface area contributed by atoms with Gasteiger partial charge in [-0.15, -0.1) is 0 Å². The van der Waals surface area contributed by atoms with Gasteiger partial charge in [0.15, 0.2) is 0 Å². The molecule has 0 fully saturated rings. The molecule has 1 amide bonds. The fourth-order valence-electron chi connectivity index (χ4n) is 2.58. The molecular formula is C22H18F2N2O2. The number of hydrogen-bond acceptors (Lipinski definition) is 3. The number of carbonyl (C=O) groups excluding carboxylic acids is 1. The fraction of sp³-hybridized carbons (Fsp3) is 0.0909. The molecule has 0 bridgehead atoms. The van der Waals surface area contributed by atoms with Crippen LogP contribution in [0.1, 0.15) is 24.1 Å². The maximum atomic E-state index is 13.2. The average molecular weight is 380 g/mol. The molecule has 0 radical (unpaired) electrons. The lowest BCUT2D eigenvalue weighted by atomic mass is 10.1. The summed E-state index contributed by atoms with van der Waals surface area (Å²) in [6.45, 7) is 1.83. The summed E-state index contributed by atoms with van der Waals surface area (Å²) in [5.74, 6) is -0.471. The molecular weight excluding hydrogens is 362 g/mol. The fourth-order valence-corrected chi connectivity index (χ4v) is 2.58. The molecule has 1 aromatic heterocycles. The zero-order valence-electron chi connectivity index (χ0n) is 15.1. The van der Waals surface area contributed by atoms with E-state index in [0.717, 1.165) is 23.8 Å². The average Bonchev–Trinajstić information content (AvgIpc) is 2.67. The summed E-state index contributed by atoms with van der Waals surface area (Å²) in [7, 11) is 0. The summed E-state index contributed by atoms with van der Waals surface area (Å²) in [5.41, 5.74) is 1.12. The van der Waals surface area contributed by atoms with Crippen LogP contribution in [0.3, 0.4) is 0 Å². The number of rotatable bonds is 6. The largest absolute Gasteiger partial charge is 0.457 e. The van der Waals surface area contributed by atoms with Crippen LogP contribution in [0.5, 0.6) is 11.5 Å². The van der Waals surface area contributed by atoms with Crippen molar-refractivity contribution in [2.45, 2.75) is 13.0 Å². The first kappa shape index (κ1) is 19.2. The minimum atomic E-state index is -0.695. The van der Waals surface area contributed by atoms with Gasteiger partial charge in [-0.3, -0.25) is 9.78 Å². The Morgan fingerprint density at radius 2 is 1.75 bits per heavy atom. The van der Waals surface area contributed by atoms with Gasteiger partial charge in [-0.1, -0.05) is 12.1 Å². The molecule has 0 aliphatic rings. The van der Waals surface area contributed by atoms with E-state index in [1.54, 1.807) is 24.5 Å². The number of hydrogen-bond donors (Lipinski definition) is 1. The maximum Gasteiger partial charge on any atom is 0.244 e. The second kappa shape index (κ2) is 8.90. The first-order valence-corrected chi connectivity index (χ1v) is 8.62. The molecule has 0 spiro atoms. The van der Waals surface area contributed by atoms with Gasteiger partial charge in [0, 0.05) is 24.5 Å². The Kier molecular flexibility index (Phi) is 6.11. The van der Waals surface area contributed by atoms with Crippen molar-refractivity contribution < 1.29 is 18.3 Å². The van der Waals surface area contributed by atoms with Crippen LogP contribution in [-0.4, -0.2) is 10.9 Å². The Morgan fingerprint density at radius 3 is 2.46 bits per heavy atom. The molecule has 3 aromatic rings. The minimum Gasteiger partial charge on any atom is -0.457 e. The zero-order chi connectivity index (χ0) is 19.9. The molecule has 28 heavy (non-hydrogen) atoms. The second-order valence-corrected chi connectivity index (χ2v) is 6.12. The molecule has 1 atom stereocenters. The Bertz CT molecular complexity index is 971. The van der Waals surface area contributed by atoms with Crippen molar-refractivity contribution in [2.75, 3.05) is 0 Å². The van der Waals surface area contributed by atoms with E-state index in [-0.39, 0.29) is 17.5 Å². The predicted molar refractivity (Wildman–Crippen MR) is 103 cm³/mol. The highest BCUT2D eigenvalue weighted by Gasteiger charge is 2.09. The lowest BCUT2D eigenvalue weighted by Crippen LogP contribution is -2.24. The zero-order valence-corrected chi connectivity index (χ0v) is 15.1. The van der Waals surface area contributed by atoms with E-state index in [4.69, 9.17) is 4.74 Å². The van der Waals surface area contributed by atoms with Crippen molar-refractivity contribution in [3.05, 3.63) is 95.8 Å². The van der Waals surface area contributed by atoms with Gasteiger partial charge in [0.1, 0.15) is 23.1 Å². The van der Waals surface area contributed by atoms with Gasteiger partial charge >= 0.3 is 0 Å². The van der Waals surface area contributed by atoms with Crippen LogP contribution in [0.2, 0.25) is 0 Å². The van der Waals surface area contributed by atoms with E-state index < -0.39 is 11.6 Å². The molecule has 0 aliphatic heterocycles. The number of benzene rings is 2. The van der Waals surface area contributed by atoms with Crippen molar-refractivity contribution in [1.82, 2.24) is 10.3 Å². The van der Waals surface area contributed by atoms with Gasteiger partial charge in [0.25, 0.3) is 0 Å². The molecule has 142 valence electrons. The first-order valence-electron chi connectivity index (χ1n) is 8.62. The number of nitrogens with one attached hydrogen (secondary N) is 1. The summed E-state index contributed by atoms with van der Waals surface area (Å²) in [6, 6.07) is 13.6. The molecule has 0 unspecified atom stereocenters. The monoisotopic (exact) mass is 380 g/mol. The van der Waals surface area contributed by atoms with Crippen molar-refractivity contribution >= 4 is 12.0 Å². The molecule has 0 saturated heterocycles. The van der Waals surface area contributed by atoms with E-state index in [2.05, 4.69) is 10.3 Å².